The zero-order valence-corrected chi connectivity index (χ0v) is 9.27. The molecule has 2 rings (SSSR count). The van der Waals surface area contributed by atoms with Crippen molar-refractivity contribution < 1.29 is 4.79 Å². The Kier molecular flexibility index (Phi) is 2.72. The third kappa shape index (κ3) is 1.82. The molecule has 16 heavy (non-hydrogen) atoms. The van der Waals surface area contributed by atoms with Crippen LogP contribution in [0.3, 0.4) is 0 Å². The molecular formula is C12H13N3O. The van der Waals surface area contributed by atoms with Gasteiger partial charge in [0.1, 0.15) is 0 Å². The zero-order valence-electron chi connectivity index (χ0n) is 9.27. The second-order valence-electron chi connectivity index (χ2n) is 3.49. The SMILES string of the molecule is CNc1cc(-n2cccn2)ccc1C(C)=O. The Morgan fingerprint density at radius 1 is 1.44 bits per heavy atom. The lowest BCUT2D eigenvalue weighted by atomic mass is 10.1. The first-order valence-electron chi connectivity index (χ1n) is 5.05. The summed E-state index contributed by atoms with van der Waals surface area (Å²) >= 11 is 0. The number of nitrogens with zero attached hydrogens (tertiary/aromatic N) is 2. The predicted molar refractivity (Wildman–Crippen MR) is 63.1 cm³/mol. The number of nitrogens with one attached hydrogen (secondary N) is 1. The lowest BCUT2D eigenvalue weighted by molar-refractivity contribution is 0.101. The van der Waals surface area contributed by atoms with Crippen LogP contribution < -0.4 is 5.32 Å². The number of carbonyl (C=O) groups is 1. The van der Waals surface area contributed by atoms with Crippen LogP contribution in [0.4, 0.5) is 5.69 Å². The molecule has 1 heterocycles. The van der Waals surface area contributed by atoms with Crippen molar-refractivity contribution in [2.45, 2.75) is 6.92 Å². The Morgan fingerprint density at radius 3 is 2.81 bits per heavy atom. The van der Waals surface area contributed by atoms with Crippen LogP contribution in [-0.2, 0) is 0 Å². The Morgan fingerprint density at radius 2 is 2.25 bits per heavy atom. The molecule has 0 aliphatic carbocycles. The molecule has 0 saturated heterocycles. The summed E-state index contributed by atoms with van der Waals surface area (Å²) in [6.45, 7) is 1.56. The van der Waals surface area contributed by atoms with E-state index in [1.54, 1.807) is 24.9 Å². The maximum Gasteiger partial charge on any atom is 0.161 e. The molecule has 0 aliphatic rings. The fourth-order valence-corrected chi connectivity index (χ4v) is 1.61. The molecule has 0 unspecified atom stereocenters. The van der Waals surface area contributed by atoms with Crippen LogP contribution in [0, 0.1) is 0 Å². The van der Waals surface area contributed by atoms with Crippen molar-refractivity contribution in [2.24, 2.45) is 0 Å². The fraction of sp³-hybridized carbons (Fsp3) is 0.167. The number of aromatic nitrogens is 2. The molecule has 0 saturated carbocycles. The standard InChI is InChI=1S/C12H13N3O/c1-9(16)11-5-4-10(8-12(11)13-2)15-7-3-6-14-15/h3-8,13H,1-2H3. The second-order valence-corrected chi connectivity index (χ2v) is 3.49. The molecule has 1 aromatic heterocycles. The van der Waals surface area contributed by atoms with Gasteiger partial charge in [0.25, 0.3) is 0 Å². The number of Topliss-reactive ketones (excluding diaryl/α,β-unsaturated/α-hetero) is 1. The highest BCUT2D eigenvalue weighted by molar-refractivity contribution is 5.99. The topological polar surface area (TPSA) is 46.9 Å². The monoisotopic (exact) mass is 215 g/mol. The summed E-state index contributed by atoms with van der Waals surface area (Å²) in [6, 6.07) is 7.46. The predicted octanol–water partition coefficient (Wildman–Crippen LogP) is 2.12. The molecular weight excluding hydrogens is 202 g/mol. The van der Waals surface area contributed by atoms with Gasteiger partial charge in [-0.05, 0) is 31.2 Å². The molecule has 1 N–H and O–H groups in total. The molecule has 0 aliphatic heterocycles. The molecule has 4 nitrogen and oxygen atoms in total. The average molecular weight is 215 g/mol. The third-order valence-corrected chi connectivity index (χ3v) is 2.42. The van der Waals surface area contributed by atoms with Crippen molar-refractivity contribution >= 4 is 11.5 Å². The summed E-state index contributed by atoms with van der Waals surface area (Å²) in [5.74, 6) is 0.0522. The van der Waals surface area contributed by atoms with Gasteiger partial charge >= 0.3 is 0 Å². The summed E-state index contributed by atoms with van der Waals surface area (Å²) in [4.78, 5) is 11.4. The van der Waals surface area contributed by atoms with Crippen LogP contribution >= 0.6 is 0 Å². The number of anilines is 1. The summed E-state index contributed by atoms with van der Waals surface area (Å²) in [5, 5.41) is 7.16. The molecule has 2 aromatic rings. The average Bonchev–Trinajstić information content (AvgIpc) is 2.81. The van der Waals surface area contributed by atoms with Gasteiger partial charge in [-0.3, -0.25) is 4.79 Å². The van der Waals surface area contributed by atoms with Gasteiger partial charge in [0.15, 0.2) is 5.78 Å². The number of carbonyl (C=O) groups excluding carboxylic acids is 1. The van der Waals surface area contributed by atoms with Crippen LogP contribution in [0.25, 0.3) is 5.69 Å². The number of hydrogen-bond donors (Lipinski definition) is 1. The molecule has 0 radical (unpaired) electrons. The van der Waals surface area contributed by atoms with Gasteiger partial charge in [-0.15, -0.1) is 0 Å². The molecule has 4 heteroatoms. The summed E-state index contributed by atoms with van der Waals surface area (Å²) in [6.07, 6.45) is 3.58. The maximum absolute atomic E-state index is 11.4. The van der Waals surface area contributed by atoms with Crippen molar-refractivity contribution in [3.05, 3.63) is 42.2 Å². The Labute approximate surface area is 93.9 Å². The molecule has 82 valence electrons. The number of benzene rings is 1. The normalized spacial score (nSPS) is 10.1. The minimum Gasteiger partial charge on any atom is -0.387 e. The van der Waals surface area contributed by atoms with Gasteiger partial charge in [-0.25, -0.2) is 4.68 Å². The lowest BCUT2D eigenvalue weighted by Crippen LogP contribution is -2.02. The molecule has 0 amide bonds. The van der Waals surface area contributed by atoms with Gasteiger partial charge in [-0.1, -0.05) is 0 Å². The van der Waals surface area contributed by atoms with Gasteiger partial charge in [-0.2, -0.15) is 5.10 Å². The Bertz CT molecular complexity index is 503. The fourth-order valence-electron chi connectivity index (χ4n) is 1.61. The second kappa shape index (κ2) is 4.18. The first-order valence-corrected chi connectivity index (χ1v) is 5.05. The number of ketones is 1. The molecule has 0 atom stereocenters. The van der Waals surface area contributed by atoms with E-state index in [2.05, 4.69) is 10.4 Å². The summed E-state index contributed by atoms with van der Waals surface area (Å²) < 4.78 is 1.75. The van der Waals surface area contributed by atoms with Crippen molar-refractivity contribution in [1.82, 2.24) is 9.78 Å². The van der Waals surface area contributed by atoms with E-state index in [0.29, 0.717) is 5.56 Å². The minimum absolute atomic E-state index is 0.0522. The van der Waals surface area contributed by atoms with E-state index in [1.165, 1.54) is 0 Å². The van der Waals surface area contributed by atoms with Crippen LogP contribution in [0.5, 0.6) is 0 Å². The van der Waals surface area contributed by atoms with E-state index in [1.807, 2.05) is 30.5 Å². The van der Waals surface area contributed by atoms with Gasteiger partial charge in [0.05, 0.1) is 5.69 Å². The highest BCUT2D eigenvalue weighted by Crippen LogP contribution is 2.19. The first-order chi connectivity index (χ1) is 7.72. The molecule has 0 fully saturated rings. The lowest BCUT2D eigenvalue weighted by Gasteiger charge is -2.09. The first kappa shape index (κ1) is 10.4. The van der Waals surface area contributed by atoms with Crippen molar-refractivity contribution in [2.75, 3.05) is 12.4 Å². The quantitative estimate of drug-likeness (QED) is 0.798. The summed E-state index contributed by atoms with van der Waals surface area (Å²) in [7, 11) is 1.80. The molecule has 0 bridgehead atoms. The van der Waals surface area contributed by atoms with Crippen molar-refractivity contribution in [3.63, 3.8) is 0 Å². The van der Waals surface area contributed by atoms with E-state index in [-0.39, 0.29) is 5.78 Å². The van der Waals surface area contributed by atoms with Crippen LogP contribution in [-0.4, -0.2) is 22.6 Å². The van der Waals surface area contributed by atoms with E-state index < -0.39 is 0 Å². The van der Waals surface area contributed by atoms with Crippen molar-refractivity contribution in [1.29, 1.82) is 0 Å². The van der Waals surface area contributed by atoms with Crippen LogP contribution in [0.2, 0.25) is 0 Å². The highest BCUT2D eigenvalue weighted by atomic mass is 16.1. The molecule has 1 aromatic carbocycles. The van der Waals surface area contributed by atoms with Gasteiger partial charge < -0.3 is 5.32 Å². The third-order valence-electron chi connectivity index (χ3n) is 2.42. The smallest absolute Gasteiger partial charge is 0.161 e. The zero-order chi connectivity index (χ0) is 11.5. The Hall–Kier alpha value is -2.10. The highest BCUT2D eigenvalue weighted by Gasteiger charge is 2.07. The van der Waals surface area contributed by atoms with Crippen LogP contribution in [0.15, 0.2) is 36.7 Å². The van der Waals surface area contributed by atoms with Gasteiger partial charge in [0.2, 0.25) is 0 Å². The number of hydrogen-bond acceptors (Lipinski definition) is 3. The Balaban J connectivity index is 2.49. The largest absolute Gasteiger partial charge is 0.387 e. The minimum atomic E-state index is 0.0522. The van der Waals surface area contributed by atoms with E-state index in [4.69, 9.17) is 0 Å². The van der Waals surface area contributed by atoms with E-state index >= 15 is 0 Å². The van der Waals surface area contributed by atoms with Crippen LogP contribution in [0.1, 0.15) is 17.3 Å². The molecule has 0 spiro atoms. The number of rotatable bonds is 3. The van der Waals surface area contributed by atoms with E-state index in [0.717, 1.165) is 11.4 Å². The summed E-state index contributed by atoms with van der Waals surface area (Å²) in [5.41, 5.74) is 2.44. The van der Waals surface area contributed by atoms with Gasteiger partial charge in [0, 0.05) is 30.7 Å². The van der Waals surface area contributed by atoms with E-state index in [9.17, 15) is 4.79 Å². The maximum atomic E-state index is 11.4. The van der Waals surface area contributed by atoms with Crippen molar-refractivity contribution in [3.8, 4) is 5.69 Å².